The van der Waals surface area contributed by atoms with Crippen LogP contribution in [0.2, 0.25) is 0 Å². The highest BCUT2D eigenvalue weighted by Crippen LogP contribution is 2.17. The van der Waals surface area contributed by atoms with Gasteiger partial charge in [-0.15, -0.1) is 0 Å². The van der Waals surface area contributed by atoms with E-state index in [1.54, 1.807) is 38.1 Å². The van der Waals surface area contributed by atoms with Crippen molar-refractivity contribution in [1.82, 2.24) is 0 Å². The Kier molecular flexibility index (Phi) is 3.90. The van der Waals surface area contributed by atoms with Gasteiger partial charge in [0.15, 0.2) is 0 Å². The fourth-order valence-corrected chi connectivity index (χ4v) is 1.41. The van der Waals surface area contributed by atoms with Gasteiger partial charge >= 0.3 is 0 Å². The Morgan fingerprint density at radius 2 is 1.88 bits per heavy atom. The van der Waals surface area contributed by atoms with Crippen molar-refractivity contribution in [2.24, 2.45) is 5.16 Å². The fraction of sp³-hybridized carbons (Fsp3) is 0.417. The first-order valence-corrected chi connectivity index (χ1v) is 5.17. The molecular weight excluding hydrogens is 206 g/mol. The number of hydrogen-bond acceptors (Lipinski definition) is 4. The van der Waals surface area contributed by atoms with Crippen LogP contribution < -0.4 is 4.74 Å². The molecule has 0 aliphatic carbocycles. The van der Waals surface area contributed by atoms with E-state index >= 15 is 0 Å². The van der Waals surface area contributed by atoms with E-state index < -0.39 is 5.60 Å². The Morgan fingerprint density at radius 1 is 1.31 bits per heavy atom. The van der Waals surface area contributed by atoms with E-state index in [9.17, 15) is 5.11 Å². The maximum absolute atomic E-state index is 9.78. The standard InChI is InChI=1S/C12H17NO3/c1-4-16-10-7-5-9(6-8-10)11(13-15)12(2,3)14/h5-8,14-15H,4H2,1-3H3. The molecule has 1 aromatic carbocycles. The highest BCUT2D eigenvalue weighted by atomic mass is 16.5. The molecule has 0 aliphatic heterocycles. The van der Waals surface area contributed by atoms with E-state index in [0.29, 0.717) is 12.2 Å². The third kappa shape index (κ3) is 2.97. The Morgan fingerprint density at radius 3 is 2.25 bits per heavy atom. The summed E-state index contributed by atoms with van der Waals surface area (Å²) in [6, 6.07) is 7.04. The lowest BCUT2D eigenvalue weighted by Gasteiger charge is -2.18. The summed E-state index contributed by atoms with van der Waals surface area (Å²) >= 11 is 0. The quantitative estimate of drug-likeness (QED) is 0.466. The highest BCUT2D eigenvalue weighted by Gasteiger charge is 2.23. The molecule has 0 amide bonds. The van der Waals surface area contributed by atoms with Gasteiger partial charge < -0.3 is 15.1 Å². The number of rotatable bonds is 4. The van der Waals surface area contributed by atoms with E-state index in [1.807, 2.05) is 6.92 Å². The summed E-state index contributed by atoms with van der Waals surface area (Å²) in [5.74, 6) is 0.749. The van der Waals surface area contributed by atoms with Crippen molar-refractivity contribution in [2.45, 2.75) is 26.4 Å². The van der Waals surface area contributed by atoms with Crippen molar-refractivity contribution in [2.75, 3.05) is 6.61 Å². The van der Waals surface area contributed by atoms with Gasteiger partial charge in [-0.1, -0.05) is 5.16 Å². The molecular formula is C12H17NO3. The number of hydrogen-bond donors (Lipinski definition) is 2. The van der Waals surface area contributed by atoms with Gasteiger partial charge in [-0.25, -0.2) is 0 Å². The summed E-state index contributed by atoms with van der Waals surface area (Å²) in [6.45, 7) is 5.65. The third-order valence-corrected chi connectivity index (χ3v) is 2.12. The summed E-state index contributed by atoms with van der Waals surface area (Å²) in [5.41, 5.74) is -0.281. The van der Waals surface area contributed by atoms with E-state index in [-0.39, 0.29) is 5.71 Å². The average molecular weight is 223 g/mol. The van der Waals surface area contributed by atoms with Gasteiger partial charge in [-0.2, -0.15) is 0 Å². The fourth-order valence-electron chi connectivity index (χ4n) is 1.41. The van der Waals surface area contributed by atoms with E-state index in [2.05, 4.69) is 5.16 Å². The number of ether oxygens (including phenoxy) is 1. The second-order valence-corrected chi connectivity index (χ2v) is 3.97. The van der Waals surface area contributed by atoms with Crippen molar-refractivity contribution < 1.29 is 15.1 Å². The molecule has 0 aromatic heterocycles. The van der Waals surface area contributed by atoms with Crippen molar-refractivity contribution >= 4 is 5.71 Å². The molecule has 16 heavy (non-hydrogen) atoms. The lowest BCUT2D eigenvalue weighted by Crippen LogP contribution is -2.32. The molecule has 0 saturated heterocycles. The van der Waals surface area contributed by atoms with E-state index in [0.717, 1.165) is 5.75 Å². The zero-order valence-corrected chi connectivity index (χ0v) is 9.77. The smallest absolute Gasteiger partial charge is 0.119 e. The van der Waals surface area contributed by atoms with E-state index in [1.165, 1.54) is 0 Å². The molecule has 0 heterocycles. The normalized spacial score (nSPS) is 12.6. The maximum atomic E-state index is 9.78. The van der Waals surface area contributed by atoms with Crippen molar-refractivity contribution in [3.8, 4) is 5.75 Å². The number of nitrogens with zero attached hydrogens (tertiary/aromatic N) is 1. The lowest BCUT2D eigenvalue weighted by atomic mass is 9.96. The molecule has 0 saturated carbocycles. The zero-order chi connectivity index (χ0) is 12.2. The van der Waals surface area contributed by atoms with Gasteiger partial charge in [0.1, 0.15) is 17.1 Å². The molecule has 0 spiro atoms. The van der Waals surface area contributed by atoms with Gasteiger partial charge in [0, 0.05) is 5.56 Å². The van der Waals surface area contributed by atoms with E-state index in [4.69, 9.17) is 9.94 Å². The molecule has 1 rings (SSSR count). The highest BCUT2D eigenvalue weighted by molar-refractivity contribution is 6.05. The Bertz CT molecular complexity index is 363. The Hall–Kier alpha value is -1.55. The minimum Gasteiger partial charge on any atom is -0.494 e. The predicted molar refractivity (Wildman–Crippen MR) is 62.2 cm³/mol. The molecule has 0 unspecified atom stereocenters. The minimum atomic E-state index is -1.18. The maximum Gasteiger partial charge on any atom is 0.119 e. The number of aliphatic hydroxyl groups is 1. The third-order valence-electron chi connectivity index (χ3n) is 2.12. The summed E-state index contributed by atoms with van der Waals surface area (Å²) in [4.78, 5) is 0. The zero-order valence-electron chi connectivity index (χ0n) is 9.77. The van der Waals surface area contributed by atoms with Gasteiger partial charge in [-0.05, 0) is 45.0 Å². The van der Waals surface area contributed by atoms with Crippen LogP contribution in [0.4, 0.5) is 0 Å². The Labute approximate surface area is 95.2 Å². The molecule has 88 valence electrons. The van der Waals surface area contributed by atoms with Crippen LogP contribution in [-0.4, -0.2) is 28.2 Å². The van der Waals surface area contributed by atoms with Crippen LogP contribution in [0.1, 0.15) is 26.3 Å². The van der Waals surface area contributed by atoms with Gasteiger partial charge in [-0.3, -0.25) is 0 Å². The average Bonchev–Trinajstić information content (AvgIpc) is 2.20. The first kappa shape index (κ1) is 12.5. The van der Waals surface area contributed by atoms with Crippen LogP contribution in [0.15, 0.2) is 29.4 Å². The molecule has 0 fully saturated rings. The molecule has 4 heteroatoms. The van der Waals surface area contributed by atoms with Crippen LogP contribution in [0.25, 0.3) is 0 Å². The summed E-state index contributed by atoms with van der Waals surface area (Å²) in [6.07, 6.45) is 0. The molecule has 1 aromatic rings. The summed E-state index contributed by atoms with van der Waals surface area (Å²) in [7, 11) is 0. The van der Waals surface area contributed by atoms with Crippen LogP contribution in [0.3, 0.4) is 0 Å². The van der Waals surface area contributed by atoms with Crippen LogP contribution in [0, 0.1) is 0 Å². The molecule has 0 atom stereocenters. The largest absolute Gasteiger partial charge is 0.494 e. The van der Waals surface area contributed by atoms with Gasteiger partial charge in [0.25, 0.3) is 0 Å². The molecule has 0 aliphatic rings. The Balaban J connectivity index is 2.97. The summed E-state index contributed by atoms with van der Waals surface area (Å²) in [5, 5.41) is 21.8. The number of oxime groups is 1. The van der Waals surface area contributed by atoms with Crippen molar-refractivity contribution in [1.29, 1.82) is 0 Å². The van der Waals surface area contributed by atoms with Crippen molar-refractivity contribution in [3.05, 3.63) is 29.8 Å². The molecule has 2 N–H and O–H groups in total. The van der Waals surface area contributed by atoms with Gasteiger partial charge in [0.2, 0.25) is 0 Å². The minimum absolute atomic E-state index is 0.232. The number of benzene rings is 1. The van der Waals surface area contributed by atoms with Crippen LogP contribution in [0.5, 0.6) is 5.75 Å². The topological polar surface area (TPSA) is 62.0 Å². The predicted octanol–water partition coefficient (Wildman–Crippen LogP) is 2.03. The van der Waals surface area contributed by atoms with Crippen LogP contribution in [-0.2, 0) is 0 Å². The first-order chi connectivity index (χ1) is 7.49. The molecule has 0 radical (unpaired) electrons. The van der Waals surface area contributed by atoms with Gasteiger partial charge in [0.05, 0.1) is 6.61 Å². The van der Waals surface area contributed by atoms with Crippen LogP contribution >= 0.6 is 0 Å². The molecule has 4 nitrogen and oxygen atoms in total. The second-order valence-electron chi connectivity index (χ2n) is 3.97. The first-order valence-electron chi connectivity index (χ1n) is 5.17. The van der Waals surface area contributed by atoms with Crippen molar-refractivity contribution in [3.63, 3.8) is 0 Å². The second kappa shape index (κ2) is 4.99. The monoisotopic (exact) mass is 223 g/mol. The SMILES string of the molecule is CCOc1ccc(C(=NO)C(C)(C)O)cc1. The molecule has 0 bridgehead atoms. The summed E-state index contributed by atoms with van der Waals surface area (Å²) < 4.78 is 5.29. The lowest BCUT2D eigenvalue weighted by molar-refractivity contribution is 0.148.